The molecule has 0 saturated heterocycles. The number of rotatable bonds is 4. The Bertz CT molecular complexity index is 522. The van der Waals surface area contributed by atoms with Gasteiger partial charge in [0, 0.05) is 12.3 Å². The smallest absolute Gasteiger partial charge is 0.119 e. The molecule has 1 aromatic carbocycles. The first-order chi connectivity index (χ1) is 8.69. The highest BCUT2D eigenvalue weighted by atomic mass is 16.5. The number of methoxy groups -OCH3 is 1. The second kappa shape index (κ2) is 5.27. The number of hydrogen-bond acceptors (Lipinski definition) is 2. The molecule has 94 valence electrons. The average molecular weight is 241 g/mol. The van der Waals surface area contributed by atoms with Crippen LogP contribution < -0.4 is 4.74 Å². The number of hydrogen-bond donors (Lipinski definition) is 0. The lowest BCUT2D eigenvalue weighted by Crippen LogP contribution is -1.91. The maximum Gasteiger partial charge on any atom is 0.119 e. The van der Waals surface area contributed by atoms with Gasteiger partial charge in [0.1, 0.15) is 5.75 Å². The number of nitriles is 1. The summed E-state index contributed by atoms with van der Waals surface area (Å²) < 4.78 is 5.31. The van der Waals surface area contributed by atoms with Gasteiger partial charge in [-0.2, -0.15) is 5.26 Å². The molecule has 1 unspecified atom stereocenters. The van der Waals surface area contributed by atoms with Crippen molar-refractivity contribution in [1.29, 1.82) is 5.26 Å². The molecule has 1 atom stereocenters. The zero-order valence-electron chi connectivity index (χ0n) is 11.3. The standard InChI is InChI=1S/C16H19NO/c1-11-12(2)15-8-7-13(18-3)10-16(15)14(11)6-4-5-9-17/h7-8,10,12H,4-6H2,1-3H3. The molecule has 0 amide bonds. The summed E-state index contributed by atoms with van der Waals surface area (Å²) in [5, 5.41) is 8.65. The molecule has 1 aliphatic rings. The van der Waals surface area contributed by atoms with Crippen molar-refractivity contribution in [3.8, 4) is 11.8 Å². The summed E-state index contributed by atoms with van der Waals surface area (Å²) in [6.07, 6.45) is 2.56. The molecule has 0 bridgehead atoms. The van der Waals surface area contributed by atoms with Gasteiger partial charge in [-0.1, -0.05) is 18.6 Å². The third kappa shape index (κ3) is 2.13. The Morgan fingerprint density at radius 1 is 1.39 bits per heavy atom. The quantitative estimate of drug-likeness (QED) is 0.737. The molecule has 1 aromatic rings. The van der Waals surface area contributed by atoms with Gasteiger partial charge in [-0.15, -0.1) is 0 Å². The molecule has 2 heteroatoms. The summed E-state index contributed by atoms with van der Waals surface area (Å²) >= 11 is 0. The van der Waals surface area contributed by atoms with E-state index in [1.807, 2.05) is 6.07 Å². The fourth-order valence-corrected chi connectivity index (χ4v) is 2.68. The molecule has 0 fully saturated rings. The van der Waals surface area contributed by atoms with E-state index >= 15 is 0 Å². The molecular weight excluding hydrogens is 222 g/mol. The maximum absolute atomic E-state index is 8.65. The third-order valence-corrected chi connectivity index (χ3v) is 3.89. The van der Waals surface area contributed by atoms with Gasteiger partial charge >= 0.3 is 0 Å². The summed E-state index contributed by atoms with van der Waals surface area (Å²) in [4.78, 5) is 0. The van der Waals surface area contributed by atoms with Crippen molar-refractivity contribution in [3.63, 3.8) is 0 Å². The highest BCUT2D eigenvalue weighted by Gasteiger charge is 2.25. The number of unbranched alkanes of at least 4 members (excludes halogenated alkanes) is 1. The van der Waals surface area contributed by atoms with Gasteiger partial charge in [0.15, 0.2) is 0 Å². The second-order valence-corrected chi connectivity index (χ2v) is 4.85. The van der Waals surface area contributed by atoms with Crippen molar-refractivity contribution < 1.29 is 4.74 Å². The summed E-state index contributed by atoms with van der Waals surface area (Å²) in [5.74, 6) is 1.40. The van der Waals surface area contributed by atoms with Crippen molar-refractivity contribution in [2.24, 2.45) is 0 Å². The Morgan fingerprint density at radius 3 is 2.83 bits per heavy atom. The second-order valence-electron chi connectivity index (χ2n) is 4.85. The van der Waals surface area contributed by atoms with Crippen LogP contribution in [0.1, 0.15) is 50.2 Å². The van der Waals surface area contributed by atoms with Gasteiger partial charge in [0.25, 0.3) is 0 Å². The van der Waals surface area contributed by atoms with Crippen LogP contribution in [-0.2, 0) is 0 Å². The SMILES string of the molecule is COc1ccc2c(c1)C(CCCC#N)=C(C)C2C. The molecule has 2 nitrogen and oxygen atoms in total. The fraction of sp³-hybridized carbons (Fsp3) is 0.438. The Kier molecular flexibility index (Phi) is 3.72. The predicted molar refractivity (Wildman–Crippen MR) is 73.5 cm³/mol. The van der Waals surface area contributed by atoms with E-state index in [1.165, 1.54) is 22.3 Å². The first kappa shape index (κ1) is 12.7. The van der Waals surface area contributed by atoms with Crippen LogP contribution in [0.25, 0.3) is 5.57 Å². The van der Waals surface area contributed by atoms with E-state index in [0.717, 1.165) is 18.6 Å². The monoisotopic (exact) mass is 241 g/mol. The van der Waals surface area contributed by atoms with Gasteiger partial charge < -0.3 is 4.74 Å². The van der Waals surface area contributed by atoms with Crippen LogP contribution in [-0.4, -0.2) is 7.11 Å². The Balaban J connectivity index is 2.33. The molecule has 1 aliphatic carbocycles. The minimum absolute atomic E-state index is 0.489. The van der Waals surface area contributed by atoms with Crippen molar-refractivity contribution in [2.75, 3.05) is 7.11 Å². The lowest BCUT2D eigenvalue weighted by Gasteiger charge is -2.08. The summed E-state index contributed by atoms with van der Waals surface area (Å²) in [7, 11) is 1.70. The molecule has 0 N–H and O–H groups in total. The zero-order chi connectivity index (χ0) is 13.1. The molecule has 0 aliphatic heterocycles. The Labute approximate surface area is 109 Å². The fourth-order valence-electron chi connectivity index (χ4n) is 2.68. The predicted octanol–water partition coefficient (Wildman–Crippen LogP) is 4.28. The van der Waals surface area contributed by atoms with E-state index in [2.05, 4.69) is 32.0 Å². The number of fused-ring (bicyclic) bond motifs is 1. The van der Waals surface area contributed by atoms with Gasteiger partial charge in [-0.05, 0) is 48.6 Å². The number of nitrogens with zero attached hydrogens (tertiary/aromatic N) is 1. The van der Waals surface area contributed by atoms with Gasteiger partial charge in [-0.25, -0.2) is 0 Å². The Hall–Kier alpha value is -1.75. The van der Waals surface area contributed by atoms with E-state index in [-0.39, 0.29) is 0 Å². The highest BCUT2D eigenvalue weighted by Crippen LogP contribution is 2.44. The third-order valence-electron chi connectivity index (χ3n) is 3.89. The Morgan fingerprint density at radius 2 is 2.17 bits per heavy atom. The molecule has 2 rings (SSSR count). The molecule has 18 heavy (non-hydrogen) atoms. The van der Waals surface area contributed by atoms with E-state index in [1.54, 1.807) is 7.11 Å². The maximum atomic E-state index is 8.65. The molecule has 0 saturated carbocycles. The van der Waals surface area contributed by atoms with Crippen LogP contribution in [0.2, 0.25) is 0 Å². The van der Waals surface area contributed by atoms with Crippen molar-refractivity contribution >= 4 is 5.57 Å². The molecule has 0 spiro atoms. The number of allylic oxidation sites excluding steroid dienone is 2. The molecular formula is C16H19NO. The minimum Gasteiger partial charge on any atom is -0.497 e. The first-order valence-electron chi connectivity index (χ1n) is 6.44. The normalized spacial score (nSPS) is 17.6. The van der Waals surface area contributed by atoms with Crippen molar-refractivity contribution in [2.45, 2.75) is 39.0 Å². The van der Waals surface area contributed by atoms with E-state index in [9.17, 15) is 0 Å². The van der Waals surface area contributed by atoms with Crippen LogP contribution in [0.4, 0.5) is 0 Å². The largest absolute Gasteiger partial charge is 0.497 e. The summed E-state index contributed by atoms with van der Waals surface area (Å²) in [6, 6.07) is 8.54. The minimum atomic E-state index is 0.489. The molecule has 0 radical (unpaired) electrons. The van der Waals surface area contributed by atoms with E-state index < -0.39 is 0 Å². The molecule has 0 aromatic heterocycles. The summed E-state index contributed by atoms with van der Waals surface area (Å²) in [5.41, 5.74) is 5.56. The topological polar surface area (TPSA) is 33.0 Å². The average Bonchev–Trinajstić information content (AvgIpc) is 2.63. The highest BCUT2D eigenvalue weighted by molar-refractivity contribution is 5.78. The number of benzene rings is 1. The van der Waals surface area contributed by atoms with Crippen LogP contribution in [0.15, 0.2) is 23.8 Å². The van der Waals surface area contributed by atoms with Gasteiger partial charge in [0.05, 0.1) is 13.2 Å². The summed E-state index contributed by atoms with van der Waals surface area (Å²) in [6.45, 7) is 4.46. The lowest BCUT2D eigenvalue weighted by atomic mass is 9.99. The van der Waals surface area contributed by atoms with E-state index in [0.29, 0.717) is 12.3 Å². The zero-order valence-corrected chi connectivity index (χ0v) is 11.3. The van der Waals surface area contributed by atoms with Crippen molar-refractivity contribution in [3.05, 3.63) is 34.9 Å². The van der Waals surface area contributed by atoms with Crippen LogP contribution in [0.5, 0.6) is 5.75 Å². The van der Waals surface area contributed by atoms with Crippen LogP contribution >= 0.6 is 0 Å². The lowest BCUT2D eigenvalue weighted by molar-refractivity contribution is 0.414. The molecule has 0 heterocycles. The first-order valence-corrected chi connectivity index (χ1v) is 6.44. The van der Waals surface area contributed by atoms with Gasteiger partial charge in [-0.3, -0.25) is 0 Å². The van der Waals surface area contributed by atoms with Crippen LogP contribution in [0.3, 0.4) is 0 Å². The van der Waals surface area contributed by atoms with Crippen molar-refractivity contribution in [1.82, 2.24) is 0 Å². The number of ether oxygens (including phenoxy) is 1. The van der Waals surface area contributed by atoms with E-state index in [4.69, 9.17) is 10.00 Å². The van der Waals surface area contributed by atoms with Crippen LogP contribution in [0, 0.1) is 11.3 Å². The van der Waals surface area contributed by atoms with Gasteiger partial charge in [0.2, 0.25) is 0 Å².